The van der Waals surface area contributed by atoms with Gasteiger partial charge in [-0.2, -0.15) is 4.98 Å². The molecule has 2 N–H and O–H groups in total. The van der Waals surface area contributed by atoms with Crippen LogP contribution in [0, 0.1) is 6.92 Å². The van der Waals surface area contributed by atoms with E-state index in [1.807, 2.05) is 6.07 Å². The van der Waals surface area contributed by atoms with E-state index in [2.05, 4.69) is 15.1 Å². The van der Waals surface area contributed by atoms with Crippen LogP contribution in [0.15, 0.2) is 47.1 Å². The topological polar surface area (TPSA) is 94.9 Å². The number of aromatic nitrogens is 3. The van der Waals surface area contributed by atoms with E-state index in [0.29, 0.717) is 17.3 Å². The fraction of sp³-hybridized carbons (Fsp3) is 0.0667. The predicted octanol–water partition coefficient (Wildman–Crippen LogP) is 2.21. The molecule has 2 aromatic heterocycles. The third-order valence-electron chi connectivity index (χ3n) is 3.00. The monoisotopic (exact) mass is 280 g/mol. The predicted molar refractivity (Wildman–Crippen MR) is 76.2 cm³/mol. The molecule has 0 bridgehead atoms. The van der Waals surface area contributed by atoms with Gasteiger partial charge in [0.15, 0.2) is 5.82 Å². The summed E-state index contributed by atoms with van der Waals surface area (Å²) >= 11 is 0. The summed E-state index contributed by atoms with van der Waals surface area (Å²) in [4.78, 5) is 19.6. The average Bonchev–Trinajstić information content (AvgIpc) is 2.94. The molecular formula is C15H12N4O2. The summed E-state index contributed by atoms with van der Waals surface area (Å²) in [5.74, 6) is 0.573. The number of carbonyl (C=O) groups is 1. The minimum Gasteiger partial charge on any atom is -0.366 e. The van der Waals surface area contributed by atoms with E-state index < -0.39 is 5.91 Å². The van der Waals surface area contributed by atoms with Crippen LogP contribution in [-0.2, 0) is 0 Å². The van der Waals surface area contributed by atoms with E-state index in [-0.39, 0.29) is 0 Å². The largest absolute Gasteiger partial charge is 0.366 e. The van der Waals surface area contributed by atoms with Gasteiger partial charge in [-0.05, 0) is 31.2 Å². The molecule has 0 atom stereocenters. The van der Waals surface area contributed by atoms with Crippen molar-refractivity contribution in [2.24, 2.45) is 5.73 Å². The van der Waals surface area contributed by atoms with Gasteiger partial charge in [-0.1, -0.05) is 17.3 Å². The Morgan fingerprint density at radius 3 is 2.52 bits per heavy atom. The highest BCUT2D eigenvalue weighted by molar-refractivity contribution is 5.93. The second-order valence-electron chi connectivity index (χ2n) is 4.52. The fourth-order valence-electron chi connectivity index (χ4n) is 1.94. The van der Waals surface area contributed by atoms with E-state index >= 15 is 0 Å². The fourth-order valence-corrected chi connectivity index (χ4v) is 1.94. The molecule has 0 aliphatic heterocycles. The Hall–Kier alpha value is -3.02. The van der Waals surface area contributed by atoms with Crippen LogP contribution in [0.1, 0.15) is 16.2 Å². The van der Waals surface area contributed by atoms with Crippen LogP contribution in [0.2, 0.25) is 0 Å². The summed E-state index contributed by atoms with van der Waals surface area (Å²) in [7, 11) is 0. The van der Waals surface area contributed by atoms with Gasteiger partial charge in [0.2, 0.25) is 5.91 Å². The molecule has 6 nitrogen and oxygen atoms in total. The molecule has 0 aliphatic carbocycles. The van der Waals surface area contributed by atoms with Crippen molar-refractivity contribution < 1.29 is 9.32 Å². The van der Waals surface area contributed by atoms with Gasteiger partial charge in [-0.3, -0.25) is 9.78 Å². The molecule has 1 aromatic carbocycles. The van der Waals surface area contributed by atoms with Gasteiger partial charge in [-0.25, -0.2) is 0 Å². The maximum absolute atomic E-state index is 11.1. The van der Waals surface area contributed by atoms with Crippen molar-refractivity contribution in [2.45, 2.75) is 6.92 Å². The van der Waals surface area contributed by atoms with Gasteiger partial charge in [0, 0.05) is 22.9 Å². The first-order chi connectivity index (χ1) is 10.1. The molecule has 21 heavy (non-hydrogen) atoms. The molecule has 3 rings (SSSR count). The molecule has 0 spiro atoms. The zero-order valence-corrected chi connectivity index (χ0v) is 11.3. The van der Waals surface area contributed by atoms with Crippen molar-refractivity contribution in [1.82, 2.24) is 15.1 Å². The van der Waals surface area contributed by atoms with Crippen molar-refractivity contribution in [3.63, 3.8) is 0 Å². The quantitative estimate of drug-likeness (QED) is 0.793. The summed E-state index contributed by atoms with van der Waals surface area (Å²) in [5.41, 5.74) is 8.10. The normalized spacial score (nSPS) is 10.5. The van der Waals surface area contributed by atoms with Gasteiger partial charge in [0.1, 0.15) is 0 Å². The molecule has 0 saturated carbocycles. The Morgan fingerprint density at radius 1 is 1.14 bits per heavy atom. The van der Waals surface area contributed by atoms with Crippen molar-refractivity contribution in [3.8, 4) is 22.7 Å². The number of primary amides is 1. The second-order valence-corrected chi connectivity index (χ2v) is 4.52. The molecule has 6 heteroatoms. The maximum atomic E-state index is 11.1. The average molecular weight is 280 g/mol. The molecule has 0 aliphatic rings. The summed E-state index contributed by atoms with van der Waals surface area (Å²) in [6, 6.07) is 10.6. The van der Waals surface area contributed by atoms with Crippen molar-refractivity contribution in [1.29, 1.82) is 0 Å². The van der Waals surface area contributed by atoms with E-state index in [9.17, 15) is 4.79 Å². The Morgan fingerprint density at radius 2 is 1.90 bits per heavy atom. The minimum atomic E-state index is -0.454. The van der Waals surface area contributed by atoms with E-state index in [1.165, 1.54) is 0 Å². The van der Waals surface area contributed by atoms with Crippen LogP contribution in [0.4, 0.5) is 0 Å². The smallest absolute Gasteiger partial charge is 0.258 e. The third-order valence-corrected chi connectivity index (χ3v) is 3.00. The molecular weight excluding hydrogens is 268 g/mol. The van der Waals surface area contributed by atoms with Crippen LogP contribution in [0.25, 0.3) is 22.7 Å². The lowest BCUT2D eigenvalue weighted by atomic mass is 10.1. The van der Waals surface area contributed by atoms with Crippen molar-refractivity contribution in [2.75, 3.05) is 0 Å². The molecule has 0 unspecified atom stereocenters. The number of hydrogen-bond acceptors (Lipinski definition) is 5. The van der Waals surface area contributed by atoms with Crippen molar-refractivity contribution in [3.05, 3.63) is 54.0 Å². The third kappa shape index (κ3) is 2.64. The highest BCUT2D eigenvalue weighted by Crippen LogP contribution is 2.23. The Bertz CT molecular complexity index is 793. The number of amides is 1. The Balaban J connectivity index is 1.97. The van der Waals surface area contributed by atoms with Crippen LogP contribution in [0.3, 0.4) is 0 Å². The number of rotatable bonds is 3. The van der Waals surface area contributed by atoms with Crippen LogP contribution >= 0.6 is 0 Å². The van der Waals surface area contributed by atoms with E-state index in [4.69, 9.17) is 10.3 Å². The zero-order chi connectivity index (χ0) is 14.8. The Kier molecular flexibility index (Phi) is 3.19. The molecule has 0 fully saturated rings. The summed E-state index contributed by atoms with van der Waals surface area (Å²) in [6.45, 7) is 1.76. The SMILES string of the molecule is Cc1noc(-c2ccnc(-c3ccc(C(N)=O)cc3)c2)n1. The zero-order valence-electron chi connectivity index (χ0n) is 11.3. The minimum absolute atomic E-state index is 0.449. The second kappa shape index (κ2) is 5.16. The molecule has 0 saturated heterocycles. The molecule has 2 heterocycles. The highest BCUT2D eigenvalue weighted by atomic mass is 16.5. The van der Waals surface area contributed by atoms with E-state index in [0.717, 1.165) is 16.8 Å². The Labute approximate surface area is 120 Å². The van der Waals surface area contributed by atoms with E-state index in [1.54, 1.807) is 43.5 Å². The van der Waals surface area contributed by atoms with Gasteiger partial charge in [-0.15, -0.1) is 0 Å². The van der Waals surface area contributed by atoms with Crippen molar-refractivity contribution >= 4 is 5.91 Å². The number of aryl methyl sites for hydroxylation is 1. The van der Waals surface area contributed by atoms with Gasteiger partial charge in [0.05, 0.1) is 5.69 Å². The maximum Gasteiger partial charge on any atom is 0.258 e. The number of nitrogens with zero attached hydrogens (tertiary/aromatic N) is 3. The number of carbonyl (C=O) groups excluding carboxylic acids is 1. The lowest BCUT2D eigenvalue weighted by Gasteiger charge is -2.03. The summed E-state index contributed by atoms with van der Waals surface area (Å²) in [5, 5.41) is 3.77. The molecule has 1 amide bonds. The highest BCUT2D eigenvalue weighted by Gasteiger charge is 2.09. The lowest BCUT2D eigenvalue weighted by molar-refractivity contribution is 0.100. The molecule has 0 radical (unpaired) electrons. The standard InChI is InChI=1S/C15H12N4O2/c1-9-18-15(21-19-9)12-6-7-17-13(8-12)10-2-4-11(5-3-10)14(16)20/h2-8H,1H3,(H2,16,20). The number of nitrogens with two attached hydrogens (primary N) is 1. The number of benzene rings is 1. The summed E-state index contributed by atoms with van der Waals surface area (Å²) < 4.78 is 5.14. The lowest BCUT2D eigenvalue weighted by Crippen LogP contribution is -2.10. The van der Waals surface area contributed by atoms with Gasteiger partial charge in [0.25, 0.3) is 5.89 Å². The number of pyridine rings is 1. The first-order valence-corrected chi connectivity index (χ1v) is 6.30. The first-order valence-electron chi connectivity index (χ1n) is 6.30. The number of hydrogen-bond donors (Lipinski definition) is 1. The first kappa shape index (κ1) is 13.0. The van der Waals surface area contributed by atoms with Gasteiger partial charge >= 0.3 is 0 Å². The molecule has 104 valence electrons. The summed E-state index contributed by atoms with van der Waals surface area (Å²) in [6.07, 6.45) is 1.67. The van der Waals surface area contributed by atoms with Gasteiger partial charge < -0.3 is 10.3 Å². The van der Waals surface area contributed by atoms with Crippen LogP contribution < -0.4 is 5.73 Å². The van der Waals surface area contributed by atoms with Crippen LogP contribution in [0.5, 0.6) is 0 Å². The van der Waals surface area contributed by atoms with Crippen LogP contribution in [-0.4, -0.2) is 21.0 Å². The molecule has 3 aromatic rings.